The van der Waals surface area contributed by atoms with Crippen LogP contribution in [0.5, 0.6) is 0 Å². The molecule has 1 aromatic rings. The van der Waals surface area contributed by atoms with Crippen LogP contribution in [-0.2, 0) is 6.54 Å². The summed E-state index contributed by atoms with van der Waals surface area (Å²) in [7, 11) is 1.91. The van der Waals surface area contributed by atoms with Crippen molar-refractivity contribution in [2.24, 2.45) is 5.92 Å². The van der Waals surface area contributed by atoms with Crippen LogP contribution in [0, 0.1) is 5.92 Å². The molecule has 1 heterocycles. The highest BCUT2D eigenvalue weighted by molar-refractivity contribution is 4.86. The van der Waals surface area contributed by atoms with Gasteiger partial charge in [-0.05, 0) is 42.7 Å². The molecule has 2 unspecified atom stereocenters. The Morgan fingerprint density at radius 1 is 1.50 bits per heavy atom. The normalized spacial score (nSPS) is 27.0. The van der Waals surface area contributed by atoms with Crippen molar-refractivity contribution in [1.82, 2.24) is 25.5 Å². The first-order chi connectivity index (χ1) is 6.81. The molecule has 0 spiro atoms. The van der Waals surface area contributed by atoms with E-state index in [-0.39, 0.29) is 0 Å². The maximum absolute atomic E-state index is 4.07. The zero-order valence-electron chi connectivity index (χ0n) is 8.77. The van der Waals surface area contributed by atoms with Gasteiger partial charge in [0.15, 0.2) is 5.82 Å². The molecule has 2 atom stereocenters. The van der Waals surface area contributed by atoms with Crippen LogP contribution in [0.1, 0.15) is 38.1 Å². The van der Waals surface area contributed by atoms with Crippen molar-refractivity contribution >= 4 is 0 Å². The molecule has 5 nitrogen and oxygen atoms in total. The molecule has 1 fully saturated rings. The number of hydrogen-bond donors (Lipinski definition) is 1. The second-order valence-electron chi connectivity index (χ2n) is 4.14. The third-order valence-electron chi connectivity index (χ3n) is 2.91. The molecule has 1 N–H and O–H groups in total. The molecule has 1 saturated carbocycles. The van der Waals surface area contributed by atoms with Crippen molar-refractivity contribution in [1.29, 1.82) is 0 Å². The van der Waals surface area contributed by atoms with Crippen LogP contribution in [0.25, 0.3) is 0 Å². The number of nitrogens with one attached hydrogen (secondary N) is 1. The monoisotopic (exact) mass is 195 g/mol. The summed E-state index contributed by atoms with van der Waals surface area (Å²) in [5, 5.41) is 14.9. The molecule has 0 aromatic carbocycles. The average Bonchev–Trinajstić information content (AvgIpc) is 2.74. The molecule has 0 bridgehead atoms. The highest BCUT2D eigenvalue weighted by Gasteiger charge is 2.25. The van der Waals surface area contributed by atoms with E-state index >= 15 is 0 Å². The maximum Gasteiger partial charge on any atom is 0.165 e. The quantitative estimate of drug-likeness (QED) is 0.773. The summed E-state index contributed by atoms with van der Waals surface area (Å²) in [6.45, 7) is 3.04. The lowest BCUT2D eigenvalue weighted by Crippen LogP contribution is -2.16. The minimum Gasteiger partial charge on any atom is -0.313 e. The van der Waals surface area contributed by atoms with Gasteiger partial charge in [-0.3, -0.25) is 0 Å². The fourth-order valence-corrected chi connectivity index (χ4v) is 2.17. The van der Waals surface area contributed by atoms with Crippen LogP contribution < -0.4 is 5.32 Å². The van der Waals surface area contributed by atoms with E-state index in [4.69, 9.17) is 0 Å². The molecule has 0 amide bonds. The van der Waals surface area contributed by atoms with E-state index in [0.29, 0.717) is 6.04 Å². The van der Waals surface area contributed by atoms with E-state index in [1.807, 2.05) is 11.7 Å². The molecule has 14 heavy (non-hydrogen) atoms. The minimum absolute atomic E-state index is 0.517. The van der Waals surface area contributed by atoms with Gasteiger partial charge in [-0.25, -0.2) is 4.68 Å². The number of aromatic nitrogens is 4. The summed E-state index contributed by atoms with van der Waals surface area (Å²) in [4.78, 5) is 0. The van der Waals surface area contributed by atoms with E-state index < -0.39 is 0 Å². The Balaban J connectivity index is 2.11. The van der Waals surface area contributed by atoms with Gasteiger partial charge in [0.1, 0.15) is 0 Å². The number of rotatable bonds is 3. The molecule has 0 aliphatic heterocycles. The van der Waals surface area contributed by atoms with Crippen molar-refractivity contribution in [2.75, 3.05) is 7.05 Å². The van der Waals surface area contributed by atoms with Crippen LogP contribution in [-0.4, -0.2) is 27.3 Å². The lowest BCUT2D eigenvalue weighted by Gasteiger charge is -2.11. The fourth-order valence-electron chi connectivity index (χ4n) is 2.17. The first kappa shape index (κ1) is 9.58. The highest BCUT2D eigenvalue weighted by Crippen LogP contribution is 2.33. The zero-order chi connectivity index (χ0) is 9.97. The van der Waals surface area contributed by atoms with Gasteiger partial charge < -0.3 is 5.32 Å². The molecule has 1 aliphatic carbocycles. The smallest absolute Gasteiger partial charge is 0.165 e. The second-order valence-corrected chi connectivity index (χ2v) is 4.14. The van der Waals surface area contributed by atoms with Gasteiger partial charge in [-0.1, -0.05) is 6.92 Å². The van der Waals surface area contributed by atoms with Crippen molar-refractivity contribution in [3.63, 3.8) is 0 Å². The topological polar surface area (TPSA) is 55.6 Å². The van der Waals surface area contributed by atoms with Gasteiger partial charge >= 0.3 is 0 Å². The molecular weight excluding hydrogens is 178 g/mol. The number of tetrazole rings is 1. The van der Waals surface area contributed by atoms with E-state index in [1.54, 1.807) is 0 Å². The van der Waals surface area contributed by atoms with E-state index in [0.717, 1.165) is 18.3 Å². The molecule has 0 radical (unpaired) electrons. The Hall–Kier alpha value is -0.970. The van der Waals surface area contributed by atoms with Crippen LogP contribution in [0.3, 0.4) is 0 Å². The molecule has 0 saturated heterocycles. The molecule has 2 rings (SSSR count). The van der Waals surface area contributed by atoms with Crippen LogP contribution in [0.2, 0.25) is 0 Å². The Morgan fingerprint density at radius 3 is 3.00 bits per heavy atom. The predicted octanol–water partition coefficient (Wildman–Crippen LogP) is 0.754. The standard InChI is InChI=1S/C9H17N5/c1-7-3-4-8(5-7)14-9(6-10-2)11-12-13-14/h7-8,10H,3-6H2,1-2H3. The van der Waals surface area contributed by atoms with Crippen LogP contribution in [0.15, 0.2) is 0 Å². The zero-order valence-corrected chi connectivity index (χ0v) is 8.77. The summed E-state index contributed by atoms with van der Waals surface area (Å²) in [6.07, 6.45) is 3.72. The first-order valence-corrected chi connectivity index (χ1v) is 5.22. The summed E-state index contributed by atoms with van der Waals surface area (Å²) in [5.74, 6) is 1.76. The van der Waals surface area contributed by atoms with Gasteiger partial charge in [0.05, 0.1) is 12.6 Å². The summed E-state index contributed by atoms with van der Waals surface area (Å²) in [6, 6.07) is 0.517. The van der Waals surface area contributed by atoms with Gasteiger partial charge in [-0.15, -0.1) is 5.10 Å². The van der Waals surface area contributed by atoms with Crippen LogP contribution in [0.4, 0.5) is 0 Å². The van der Waals surface area contributed by atoms with Crippen molar-refractivity contribution < 1.29 is 0 Å². The lowest BCUT2D eigenvalue weighted by atomic mass is 10.1. The first-order valence-electron chi connectivity index (χ1n) is 5.22. The van der Waals surface area contributed by atoms with E-state index in [2.05, 4.69) is 27.8 Å². The average molecular weight is 195 g/mol. The largest absolute Gasteiger partial charge is 0.313 e. The number of hydrogen-bond acceptors (Lipinski definition) is 4. The maximum atomic E-state index is 4.07. The van der Waals surface area contributed by atoms with Gasteiger partial charge in [0.2, 0.25) is 0 Å². The number of nitrogens with zero attached hydrogens (tertiary/aromatic N) is 4. The predicted molar refractivity (Wildman–Crippen MR) is 52.6 cm³/mol. The van der Waals surface area contributed by atoms with E-state index in [9.17, 15) is 0 Å². The summed E-state index contributed by atoms with van der Waals surface area (Å²) >= 11 is 0. The van der Waals surface area contributed by atoms with Gasteiger partial charge in [0.25, 0.3) is 0 Å². The minimum atomic E-state index is 0.517. The van der Waals surface area contributed by atoms with Crippen molar-refractivity contribution in [2.45, 2.75) is 38.8 Å². The van der Waals surface area contributed by atoms with Crippen LogP contribution >= 0.6 is 0 Å². The second kappa shape index (κ2) is 4.04. The third-order valence-corrected chi connectivity index (χ3v) is 2.91. The SMILES string of the molecule is CNCc1nnnn1C1CCC(C)C1. The Kier molecular flexibility index (Phi) is 2.77. The summed E-state index contributed by atoms with van der Waals surface area (Å²) < 4.78 is 1.99. The van der Waals surface area contributed by atoms with Crippen molar-refractivity contribution in [3.8, 4) is 0 Å². The molecule has 1 aliphatic rings. The van der Waals surface area contributed by atoms with Gasteiger partial charge in [-0.2, -0.15) is 0 Å². The van der Waals surface area contributed by atoms with Gasteiger partial charge in [0, 0.05) is 0 Å². The Morgan fingerprint density at radius 2 is 2.36 bits per heavy atom. The summed E-state index contributed by atoms with van der Waals surface area (Å²) in [5.41, 5.74) is 0. The molecule has 5 heteroatoms. The Bertz CT molecular complexity index is 295. The lowest BCUT2D eigenvalue weighted by molar-refractivity contribution is 0.421. The third kappa shape index (κ3) is 1.77. The van der Waals surface area contributed by atoms with Crippen molar-refractivity contribution in [3.05, 3.63) is 5.82 Å². The van der Waals surface area contributed by atoms with E-state index in [1.165, 1.54) is 19.3 Å². The molecule has 78 valence electrons. The molecular formula is C9H17N5. The highest BCUT2D eigenvalue weighted by atomic mass is 15.6. The molecule has 1 aromatic heterocycles. The fraction of sp³-hybridized carbons (Fsp3) is 0.889. The Labute approximate surface area is 83.9 Å².